The molecule has 1 N–H and O–H groups in total. The van der Waals surface area contributed by atoms with E-state index in [0.717, 1.165) is 12.8 Å². The average molecular weight is 163 g/mol. The van der Waals surface area contributed by atoms with Gasteiger partial charge in [-0.25, -0.2) is 0 Å². The molecule has 0 amide bonds. The van der Waals surface area contributed by atoms with Crippen LogP contribution in [-0.2, 0) is 4.79 Å². The Balaban J connectivity index is 2.51. The fraction of sp³-hybridized carbons (Fsp3) is 0.857. The van der Waals surface area contributed by atoms with Crippen molar-refractivity contribution in [3.63, 3.8) is 0 Å². The number of ketones is 1. The quantitative estimate of drug-likeness (QED) is 0.583. The maximum absolute atomic E-state index is 10.9. The topological polar surface area (TPSA) is 37.3 Å². The minimum atomic E-state index is -0.432. The summed E-state index contributed by atoms with van der Waals surface area (Å²) in [5, 5.41) is 8.31. The van der Waals surface area contributed by atoms with Crippen LogP contribution in [0.3, 0.4) is 0 Å². The minimum Gasteiger partial charge on any atom is -0.396 e. The first kappa shape index (κ1) is 8.02. The van der Waals surface area contributed by atoms with Gasteiger partial charge in [0.25, 0.3) is 0 Å². The van der Waals surface area contributed by atoms with Crippen LogP contribution in [0.15, 0.2) is 0 Å². The van der Waals surface area contributed by atoms with E-state index in [1.54, 1.807) is 0 Å². The standard InChI is InChI=1S/C7H11ClO2/c8-7-5(4-9)2-1-3-6(7)10/h5,7,9H,1-4H2. The average Bonchev–Trinajstić information content (AvgIpc) is 1.95. The van der Waals surface area contributed by atoms with E-state index in [1.807, 2.05) is 0 Å². The molecule has 1 aliphatic carbocycles. The van der Waals surface area contributed by atoms with E-state index >= 15 is 0 Å². The molecule has 0 aromatic heterocycles. The van der Waals surface area contributed by atoms with Gasteiger partial charge in [-0.15, -0.1) is 11.6 Å². The summed E-state index contributed by atoms with van der Waals surface area (Å²) in [6.45, 7) is 0.0416. The van der Waals surface area contributed by atoms with Crippen molar-refractivity contribution < 1.29 is 9.90 Å². The molecule has 0 aromatic carbocycles. The molecule has 1 rings (SSSR count). The zero-order chi connectivity index (χ0) is 7.56. The number of carbonyl (C=O) groups is 1. The largest absolute Gasteiger partial charge is 0.396 e. The van der Waals surface area contributed by atoms with Crippen molar-refractivity contribution in [2.45, 2.75) is 24.6 Å². The molecule has 3 heteroatoms. The van der Waals surface area contributed by atoms with Gasteiger partial charge in [0.15, 0.2) is 5.78 Å². The van der Waals surface area contributed by atoms with Crippen molar-refractivity contribution in [1.29, 1.82) is 0 Å². The molecule has 0 radical (unpaired) electrons. The van der Waals surface area contributed by atoms with Gasteiger partial charge in [0.2, 0.25) is 0 Å². The number of aliphatic hydroxyl groups excluding tert-OH is 1. The van der Waals surface area contributed by atoms with Crippen molar-refractivity contribution in [2.24, 2.45) is 5.92 Å². The van der Waals surface area contributed by atoms with E-state index in [2.05, 4.69) is 0 Å². The van der Waals surface area contributed by atoms with E-state index in [-0.39, 0.29) is 18.3 Å². The lowest BCUT2D eigenvalue weighted by atomic mass is 9.88. The highest BCUT2D eigenvalue weighted by atomic mass is 35.5. The van der Waals surface area contributed by atoms with Crippen LogP contribution >= 0.6 is 11.6 Å². The van der Waals surface area contributed by atoms with Crippen LogP contribution in [0.2, 0.25) is 0 Å². The van der Waals surface area contributed by atoms with Crippen molar-refractivity contribution in [2.75, 3.05) is 6.61 Å². The minimum absolute atomic E-state index is 0.00270. The molecule has 2 unspecified atom stereocenters. The molecule has 2 atom stereocenters. The first-order valence-corrected chi connectivity index (χ1v) is 3.97. The van der Waals surface area contributed by atoms with E-state index in [4.69, 9.17) is 16.7 Å². The van der Waals surface area contributed by atoms with Crippen molar-refractivity contribution in [3.05, 3.63) is 0 Å². The lowest BCUT2D eigenvalue weighted by Crippen LogP contribution is -2.31. The summed E-state index contributed by atoms with van der Waals surface area (Å²) in [4.78, 5) is 10.9. The van der Waals surface area contributed by atoms with Gasteiger partial charge in [0.05, 0.1) is 5.38 Å². The van der Waals surface area contributed by atoms with Crippen LogP contribution in [0.25, 0.3) is 0 Å². The molecular formula is C7H11ClO2. The monoisotopic (exact) mass is 162 g/mol. The molecule has 0 saturated heterocycles. The highest BCUT2D eigenvalue weighted by Gasteiger charge is 2.28. The second-order valence-corrected chi connectivity index (χ2v) is 3.17. The van der Waals surface area contributed by atoms with Gasteiger partial charge >= 0.3 is 0 Å². The Labute approximate surface area is 65.2 Å². The first-order chi connectivity index (χ1) is 4.75. The third kappa shape index (κ3) is 1.50. The highest BCUT2D eigenvalue weighted by Crippen LogP contribution is 2.25. The van der Waals surface area contributed by atoms with Gasteiger partial charge in [0.1, 0.15) is 0 Å². The third-order valence-electron chi connectivity index (χ3n) is 1.95. The smallest absolute Gasteiger partial charge is 0.151 e. The lowest BCUT2D eigenvalue weighted by Gasteiger charge is -2.23. The Morgan fingerprint density at radius 2 is 2.40 bits per heavy atom. The number of carbonyl (C=O) groups excluding carboxylic acids is 1. The van der Waals surface area contributed by atoms with E-state index in [0.29, 0.717) is 6.42 Å². The number of rotatable bonds is 1. The Morgan fingerprint density at radius 1 is 1.70 bits per heavy atom. The summed E-state index contributed by atoms with van der Waals surface area (Å²) in [5.74, 6) is 0.0925. The van der Waals surface area contributed by atoms with Crippen LogP contribution in [-0.4, -0.2) is 22.9 Å². The third-order valence-corrected chi connectivity index (χ3v) is 2.55. The van der Waals surface area contributed by atoms with Crippen molar-refractivity contribution >= 4 is 17.4 Å². The van der Waals surface area contributed by atoms with Crippen molar-refractivity contribution in [3.8, 4) is 0 Å². The number of hydrogen-bond donors (Lipinski definition) is 1. The summed E-state index contributed by atoms with van der Waals surface area (Å²) < 4.78 is 0. The number of aliphatic hydroxyl groups is 1. The molecular weight excluding hydrogens is 152 g/mol. The van der Waals surface area contributed by atoms with Crippen LogP contribution in [0.5, 0.6) is 0 Å². The molecule has 0 heterocycles. The molecule has 1 fully saturated rings. The fourth-order valence-electron chi connectivity index (χ4n) is 1.27. The van der Waals surface area contributed by atoms with Crippen LogP contribution < -0.4 is 0 Å². The number of halogens is 1. The maximum atomic E-state index is 10.9. The highest BCUT2D eigenvalue weighted by molar-refractivity contribution is 6.31. The molecule has 0 bridgehead atoms. The molecule has 1 saturated carbocycles. The summed E-state index contributed by atoms with van der Waals surface area (Å²) >= 11 is 5.72. The molecule has 0 spiro atoms. The number of alkyl halides is 1. The lowest BCUT2D eigenvalue weighted by molar-refractivity contribution is -0.121. The second kappa shape index (κ2) is 3.35. The first-order valence-electron chi connectivity index (χ1n) is 3.53. The maximum Gasteiger partial charge on any atom is 0.151 e. The molecule has 0 aliphatic heterocycles. The second-order valence-electron chi connectivity index (χ2n) is 2.70. The zero-order valence-electron chi connectivity index (χ0n) is 5.72. The molecule has 10 heavy (non-hydrogen) atoms. The van der Waals surface area contributed by atoms with E-state index in [1.165, 1.54) is 0 Å². The van der Waals surface area contributed by atoms with Gasteiger partial charge in [-0.3, -0.25) is 4.79 Å². The summed E-state index contributed by atoms with van der Waals surface area (Å²) in [6, 6.07) is 0. The van der Waals surface area contributed by atoms with Crippen molar-refractivity contribution in [1.82, 2.24) is 0 Å². The molecule has 1 aliphatic rings. The molecule has 58 valence electrons. The normalized spacial score (nSPS) is 34.4. The Morgan fingerprint density at radius 3 is 2.90 bits per heavy atom. The Bertz CT molecular complexity index is 136. The summed E-state index contributed by atoms with van der Waals surface area (Å²) in [7, 11) is 0. The van der Waals surface area contributed by atoms with Gasteiger partial charge < -0.3 is 5.11 Å². The summed E-state index contributed by atoms with van der Waals surface area (Å²) in [5.41, 5.74) is 0. The van der Waals surface area contributed by atoms with E-state index in [9.17, 15) is 4.79 Å². The van der Waals surface area contributed by atoms with Gasteiger partial charge in [-0.1, -0.05) is 0 Å². The number of hydrogen-bond acceptors (Lipinski definition) is 2. The Hall–Kier alpha value is -0.0800. The summed E-state index contributed by atoms with van der Waals surface area (Å²) in [6.07, 6.45) is 2.36. The van der Waals surface area contributed by atoms with E-state index < -0.39 is 5.38 Å². The predicted octanol–water partition coefficient (Wildman–Crippen LogP) is 0.955. The predicted molar refractivity (Wildman–Crippen MR) is 39.1 cm³/mol. The SMILES string of the molecule is O=C1CCCC(CO)C1Cl. The Kier molecular flexibility index (Phi) is 2.69. The van der Waals surface area contributed by atoms with Crippen LogP contribution in [0.4, 0.5) is 0 Å². The molecule has 2 nitrogen and oxygen atoms in total. The van der Waals surface area contributed by atoms with Gasteiger partial charge in [-0.2, -0.15) is 0 Å². The number of Topliss-reactive ketones (excluding diaryl/α,β-unsaturated/α-hetero) is 1. The fourth-order valence-corrected chi connectivity index (χ4v) is 1.58. The van der Waals surface area contributed by atoms with Crippen LogP contribution in [0, 0.1) is 5.92 Å². The van der Waals surface area contributed by atoms with Gasteiger partial charge in [0, 0.05) is 18.9 Å². The zero-order valence-corrected chi connectivity index (χ0v) is 6.47. The van der Waals surface area contributed by atoms with Crippen LogP contribution in [0.1, 0.15) is 19.3 Å². The molecule has 0 aromatic rings. The van der Waals surface area contributed by atoms with Gasteiger partial charge in [-0.05, 0) is 12.8 Å².